The maximum Gasteiger partial charge on any atom is 0.341 e. The number of para-hydroxylation sites is 1. The van der Waals surface area contributed by atoms with Gasteiger partial charge in [0, 0.05) is 11.1 Å². The fourth-order valence-corrected chi connectivity index (χ4v) is 2.55. The summed E-state index contributed by atoms with van der Waals surface area (Å²) in [7, 11) is 0. The average Bonchev–Trinajstić information content (AvgIpc) is 2.99. The summed E-state index contributed by atoms with van der Waals surface area (Å²) >= 11 is 5.27. The van der Waals surface area contributed by atoms with Crippen LogP contribution in [0.1, 0.15) is 11.1 Å². The highest BCUT2D eigenvalue weighted by molar-refractivity contribution is 7.71. The van der Waals surface area contributed by atoms with E-state index in [9.17, 15) is 4.79 Å². The van der Waals surface area contributed by atoms with Crippen molar-refractivity contribution in [3.05, 3.63) is 64.4 Å². The topological polar surface area (TPSA) is 92.5 Å². The highest BCUT2D eigenvalue weighted by atomic mass is 32.1. The van der Waals surface area contributed by atoms with Crippen LogP contribution in [0.15, 0.2) is 53.6 Å². The molecule has 1 aromatic heterocycles. The van der Waals surface area contributed by atoms with Crippen molar-refractivity contribution >= 4 is 24.4 Å². The third-order valence-electron chi connectivity index (χ3n) is 3.62. The van der Waals surface area contributed by atoms with Gasteiger partial charge in [-0.1, -0.05) is 36.4 Å². The van der Waals surface area contributed by atoms with Crippen molar-refractivity contribution in [1.29, 1.82) is 0 Å². The number of ether oxygens (including phenoxy) is 1. The number of hydrogen-bond donors (Lipinski definition) is 2. The number of nitrogens with one attached hydrogen (secondary N) is 1. The molecule has 0 bridgehead atoms. The van der Waals surface area contributed by atoms with Gasteiger partial charge < -0.3 is 9.84 Å². The van der Waals surface area contributed by atoms with Gasteiger partial charge in [0.2, 0.25) is 4.77 Å². The Labute approximate surface area is 154 Å². The van der Waals surface area contributed by atoms with Gasteiger partial charge in [0.05, 0.1) is 6.21 Å². The first-order chi connectivity index (χ1) is 12.6. The lowest BCUT2D eigenvalue weighted by Gasteiger charge is -2.07. The summed E-state index contributed by atoms with van der Waals surface area (Å²) < 4.78 is 7.15. The van der Waals surface area contributed by atoms with Crippen molar-refractivity contribution in [3.63, 3.8) is 0 Å². The first kappa shape index (κ1) is 17.6. The lowest BCUT2D eigenvalue weighted by atomic mass is 10.1. The third-order valence-corrected chi connectivity index (χ3v) is 3.88. The van der Waals surface area contributed by atoms with Gasteiger partial charge in [0.15, 0.2) is 12.4 Å². The number of hydrogen-bond acceptors (Lipinski definition) is 5. The number of aromatic nitrogens is 3. The highest BCUT2D eigenvalue weighted by Crippen LogP contribution is 2.21. The van der Waals surface area contributed by atoms with Crippen molar-refractivity contribution in [3.8, 4) is 17.1 Å². The Morgan fingerprint density at radius 3 is 2.81 bits per heavy atom. The SMILES string of the molecule is Cc1ccccc1-c1n[nH]c(=S)n1/N=C/c1ccccc1OCC(=O)O. The molecule has 26 heavy (non-hydrogen) atoms. The van der Waals surface area contributed by atoms with Crippen LogP contribution in [0.25, 0.3) is 11.4 Å². The first-order valence-electron chi connectivity index (χ1n) is 7.77. The Kier molecular flexibility index (Phi) is 5.23. The fraction of sp³-hybridized carbons (Fsp3) is 0.111. The van der Waals surface area contributed by atoms with E-state index in [-0.39, 0.29) is 0 Å². The van der Waals surface area contributed by atoms with Crippen molar-refractivity contribution in [2.75, 3.05) is 6.61 Å². The molecule has 0 saturated carbocycles. The molecule has 7 nitrogen and oxygen atoms in total. The van der Waals surface area contributed by atoms with Gasteiger partial charge in [0.25, 0.3) is 0 Å². The van der Waals surface area contributed by atoms with E-state index >= 15 is 0 Å². The molecule has 0 atom stereocenters. The van der Waals surface area contributed by atoms with Crippen LogP contribution in [0, 0.1) is 11.7 Å². The summed E-state index contributed by atoms with van der Waals surface area (Å²) in [6, 6.07) is 14.8. The second-order valence-corrected chi connectivity index (χ2v) is 5.83. The van der Waals surface area contributed by atoms with Crippen molar-refractivity contribution in [2.24, 2.45) is 5.10 Å². The number of nitrogens with zero attached hydrogens (tertiary/aromatic N) is 3. The Hall–Kier alpha value is -3.26. The minimum atomic E-state index is -1.05. The Morgan fingerprint density at radius 2 is 2.04 bits per heavy atom. The summed E-state index contributed by atoms with van der Waals surface area (Å²) in [6.07, 6.45) is 1.56. The van der Waals surface area contributed by atoms with Gasteiger partial charge in [-0.3, -0.25) is 0 Å². The zero-order chi connectivity index (χ0) is 18.5. The molecule has 8 heteroatoms. The summed E-state index contributed by atoms with van der Waals surface area (Å²) in [5, 5.41) is 20.2. The lowest BCUT2D eigenvalue weighted by Crippen LogP contribution is -2.10. The molecule has 0 radical (unpaired) electrons. The molecular weight excluding hydrogens is 352 g/mol. The average molecular weight is 368 g/mol. The number of carboxylic acids is 1. The molecule has 0 fully saturated rings. The molecule has 1 heterocycles. The van der Waals surface area contributed by atoms with Crippen LogP contribution in [0.5, 0.6) is 5.75 Å². The third kappa shape index (κ3) is 3.86. The zero-order valence-electron chi connectivity index (χ0n) is 13.9. The van der Waals surface area contributed by atoms with Crippen LogP contribution in [-0.4, -0.2) is 38.8 Å². The summed E-state index contributed by atoms with van der Waals surface area (Å²) in [6.45, 7) is 1.56. The van der Waals surface area contributed by atoms with Crippen molar-refractivity contribution in [2.45, 2.75) is 6.92 Å². The van der Waals surface area contributed by atoms with E-state index in [0.717, 1.165) is 11.1 Å². The number of carboxylic acid groups (broad SMARTS) is 1. The predicted molar refractivity (Wildman–Crippen MR) is 100 cm³/mol. The van der Waals surface area contributed by atoms with Crippen LogP contribution in [0.4, 0.5) is 0 Å². The van der Waals surface area contributed by atoms with E-state index in [1.54, 1.807) is 24.4 Å². The van der Waals surface area contributed by atoms with E-state index in [1.807, 2.05) is 37.3 Å². The van der Waals surface area contributed by atoms with Crippen LogP contribution in [0.3, 0.4) is 0 Å². The smallest absolute Gasteiger partial charge is 0.341 e. The standard InChI is InChI=1S/C18H16N4O3S/c1-12-6-2-4-8-14(12)17-20-21-18(26)22(17)19-10-13-7-3-5-9-15(13)25-11-16(23)24/h2-10H,11H2,1H3,(H,21,26)(H,23,24)/b19-10+. The Balaban J connectivity index is 1.96. The van der Waals surface area contributed by atoms with E-state index in [4.69, 9.17) is 22.1 Å². The molecule has 132 valence electrons. The number of H-pyrrole nitrogens is 1. The van der Waals surface area contributed by atoms with Crippen LogP contribution < -0.4 is 4.74 Å². The summed E-state index contributed by atoms with van der Waals surface area (Å²) in [5.74, 6) is -0.0324. The molecule has 2 aromatic carbocycles. The number of benzene rings is 2. The van der Waals surface area contributed by atoms with Crippen molar-refractivity contribution in [1.82, 2.24) is 14.9 Å². The monoisotopic (exact) mass is 368 g/mol. The summed E-state index contributed by atoms with van der Waals surface area (Å²) in [5.41, 5.74) is 2.59. The van der Waals surface area contributed by atoms with Gasteiger partial charge in [0.1, 0.15) is 5.75 Å². The number of aryl methyl sites for hydroxylation is 1. The van der Waals surface area contributed by atoms with E-state index < -0.39 is 12.6 Å². The van der Waals surface area contributed by atoms with Gasteiger partial charge >= 0.3 is 5.97 Å². The highest BCUT2D eigenvalue weighted by Gasteiger charge is 2.10. The van der Waals surface area contributed by atoms with Gasteiger partial charge in [-0.15, -0.1) is 0 Å². The fourth-order valence-electron chi connectivity index (χ4n) is 2.37. The second kappa shape index (κ2) is 7.75. The van der Waals surface area contributed by atoms with Gasteiger partial charge in [-0.2, -0.15) is 14.9 Å². The number of aliphatic carboxylic acids is 1. The number of aromatic amines is 1. The molecule has 0 spiro atoms. The quantitative estimate of drug-likeness (QED) is 0.515. The molecule has 0 aliphatic carbocycles. The predicted octanol–water partition coefficient (Wildman–Crippen LogP) is 3.26. The molecule has 3 rings (SSSR count). The second-order valence-electron chi connectivity index (χ2n) is 5.44. The maximum atomic E-state index is 10.7. The van der Waals surface area contributed by atoms with Crippen LogP contribution >= 0.6 is 12.2 Å². The molecule has 0 amide bonds. The van der Waals surface area contributed by atoms with Crippen LogP contribution in [0.2, 0.25) is 0 Å². The molecule has 2 N–H and O–H groups in total. The molecule has 0 aliphatic rings. The van der Waals surface area contributed by atoms with Crippen molar-refractivity contribution < 1.29 is 14.6 Å². The van der Waals surface area contributed by atoms with Crippen LogP contribution in [-0.2, 0) is 4.79 Å². The molecule has 0 unspecified atom stereocenters. The zero-order valence-corrected chi connectivity index (χ0v) is 14.7. The Morgan fingerprint density at radius 1 is 1.31 bits per heavy atom. The molecule has 0 aliphatic heterocycles. The van der Waals surface area contributed by atoms with Gasteiger partial charge in [-0.25, -0.2) is 9.89 Å². The largest absolute Gasteiger partial charge is 0.481 e. The van der Waals surface area contributed by atoms with E-state index in [1.165, 1.54) is 4.68 Å². The van der Waals surface area contributed by atoms with E-state index in [2.05, 4.69) is 15.3 Å². The minimum Gasteiger partial charge on any atom is -0.481 e. The molecule has 3 aromatic rings. The Bertz CT molecular complexity index is 1020. The van der Waals surface area contributed by atoms with E-state index in [0.29, 0.717) is 21.9 Å². The lowest BCUT2D eigenvalue weighted by molar-refractivity contribution is -0.139. The normalized spacial score (nSPS) is 11.0. The minimum absolute atomic E-state index is 0.350. The number of rotatable bonds is 6. The number of carbonyl (C=O) groups is 1. The molecular formula is C18H16N4O3S. The summed E-state index contributed by atoms with van der Waals surface area (Å²) in [4.78, 5) is 10.7. The van der Waals surface area contributed by atoms with Gasteiger partial charge in [-0.05, 0) is 36.8 Å². The molecule has 0 saturated heterocycles. The first-order valence-corrected chi connectivity index (χ1v) is 8.18. The maximum absolute atomic E-state index is 10.7.